The monoisotopic (exact) mass is 1030 g/mol. The molecule has 1 amide bonds. The summed E-state index contributed by atoms with van der Waals surface area (Å²) in [5, 5.41) is 43.1. The molecular weight excluding hydrogens is 943 g/mol. The van der Waals surface area contributed by atoms with E-state index >= 15 is 0 Å². The van der Waals surface area contributed by atoms with Crippen LogP contribution in [0.25, 0.3) is 0 Å². The second-order valence-electron chi connectivity index (χ2n) is 21.8. The number of fused-ring (bicyclic) bond motifs is 3. The third kappa shape index (κ3) is 16.0. The van der Waals surface area contributed by atoms with Gasteiger partial charge < -0.3 is 53.7 Å². The van der Waals surface area contributed by atoms with E-state index in [1.165, 1.54) is 21.1 Å². The summed E-state index contributed by atoms with van der Waals surface area (Å²) in [6.07, 6.45) is 9.76. The molecule has 15 atom stereocenters. The predicted octanol–water partition coefficient (Wildman–Crippen LogP) is 5.72. The van der Waals surface area contributed by atoms with E-state index in [2.05, 4.69) is 0 Å². The number of hydrogen-bond acceptors (Lipinski definition) is 16. The molecular formula is C56H87NO16. The number of Topliss-reactive ketones (excluding diaryl/α,β-unsaturated/α-hetero) is 3. The maximum atomic E-state index is 14.5. The lowest BCUT2D eigenvalue weighted by atomic mass is 9.78. The van der Waals surface area contributed by atoms with Crippen molar-refractivity contribution in [2.45, 2.75) is 187 Å². The van der Waals surface area contributed by atoms with E-state index < -0.39 is 120 Å². The molecule has 4 aliphatic rings. The molecule has 0 spiro atoms. The Labute approximate surface area is 433 Å². The molecule has 0 aromatic heterocycles. The van der Waals surface area contributed by atoms with Gasteiger partial charge in [-0.25, -0.2) is 4.79 Å². The molecule has 2 bridgehead atoms. The highest BCUT2D eigenvalue weighted by Gasteiger charge is 2.53. The van der Waals surface area contributed by atoms with E-state index in [1.807, 2.05) is 51.2 Å². The summed E-state index contributed by atoms with van der Waals surface area (Å²) < 4.78 is 35.4. The molecule has 0 radical (unpaired) electrons. The lowest BCUT2D eigenvalue weighted by Gasteiger charge is -2.42. The van der Waals surface area contributed by atoms with Gasteiger partial charge in [-0.15, -0.1) is 0 Å². The average molecular weight is 1030 g/mol. The van der Waals surface area contributed by atoms with Crippen LogP contribution in [0.3, 0.4) is 0 Å². The van der Waals surface area contributed by atoms with Crippen molar-refractivity contribution in [2.75, 3.05) is 41.1 Å². The fourth-order valence-corrected chi connectivity index (χ4v) is 10.7. The fourth-order valence-electron chi connectivity index (χ4n) is 10.7. The van der Waals surface area contributed by atoms with Gasteiger partial charge in [-0.3, -0.25) is 24.0 Å². The number of ketones is 3. The van der Waals surface area contributed by atoms with Crippen molar-refractivity contribution >= 4 is 35.2 Å². The Balaban J connectivity index is 1.69. The topological polar surface area (TPSA) is 242 Å². The van der Waals surface area contributed by atoms with Gasteiger partial charge in [0.05, 0.1) is 31.5 Å². The number of aliphatic hydroxyl groups excluding tert-OH is 3. The van der Waals surface area contributed by atoms with Gasteiger partial charge in [-0.2, -0.15) is 0 Å². The first-order chi connectivity index (χ1) is 34.5. The highest BCUT2D eigenvalue weighted by Crippen LogP contribution is 2.38. The molecule has 73 heavy (non-hydrogen) atoms. The second kappa shape index (κ2) is 28.3. The molecule has 3 fully saturated rings. The third-order valence-electron chi connectivity index (χ3n) is 15.9. The van der Waals surface area contributed by atoms with Crippen LogP contribution in [0, 0.1) is 40.9 Å². The zero-order valence-corrected chi connectivity index (χ0v) is 45.3. The number of carbonyl (C=O) groups is 6. The Morgan fingerprint density at radius 3 is 2.21 bits per heavy atom. The molecule has 17 heteroatoms. The number of piperidine rings is 1. The molecule has 4 rings (SSSR count). The molecule has 4 N–H and O–H groups in total. The SMILES string of the molecule is CO[C@H]1C[C@@H]2CC[C@@H](C)[C@@](O)(O2)C(=O)C(=O)N2CCCC[C@@H]2C(=O)O[C@@H]([C@@H](C)C[C@H]2CC[C@H](OC(=O)C(C)(CO)CO)[C@H](OC)C2)CC(=O)[C@H](C)/C=C(\C)[C@@H](O)[C@H](OC)C(=O)[C@@H](C)C[C@@H](C)/C=C/C=C/C=C/1C. The molecule has 412 valence electrons. The van der Waals surface area contributed by atoms with Crippen molar-refractivity contribution in [2.24, 2.45) is 40.9 Å². The summed E-state index contributed by atoms with van der Waals surface area (Å²) in [5.41, 5.74) is -0.277. The zero-order chi connectivity index (χ0) is 54.4. The van der Waals surface area contributed by atoms with Crippen LogP contribution in [-0.2, 0) is 57.2 Å². The van der Waals surface area contributed by atoms with Gasteiger partial charge in [-0.1, -0.05) is 71.1 Å². The van der Waals surface area contributed by atoms with Crippen molar-refractivity contribution < 1.29 is 77.6 Å². The number of methoxy groups -OCH3 is 3. The van der Waals surface area contributed by atoms with E-state index in [4.69, 9.17) is 28.4 Å². The molecule has 3 heterocycles. The van der Waals surface area contributed by atoms with E-state index in [-0.39, 0.29) is 42.8 Å². The van der Waals surface area contributed by atoms with E-state index in [9.17, 15) is 49.2 Å². The lowest BCUT2D eigenvalue weighted by molar-refractivity contribution is -0.265. The van der Waals surface area contributed by atoms with Crippen LogP contribution < -0.4 is 0 Å². The minimum Gasteiger partial charge on any atom is -0.460 e. The molecule has 3 aliphatic heterocycles. The molecule has 1 saturated carbocycles. The fraction of sp³-hybridized carbons (Fsp3) is 0.750. The van der Waals surface area contributed by atoms with Crippen LogP contribution in [0.4, 0.5) is 0 Å². The number of cyclic esters (lactones) is 1. The third-order valence-corrected chi connectivity index (χ3v) is 15.9. The molecule has 0 aromatic rings. The predicted molar refractivity (Wildman–Crippen MR) is 271 cm³/mol. The molecule has 0 aromatic carbocycles. The quantitative estimate of drug-likeness (QED) is 0.116. The summed E-state index contributed by atoms with van der Waals surface area (Å²) >= 11 is 0. The number of esters is 2. The van der Waals surface area contributed by atoms with Crippen molar-refractivity contribution in [3.8, 4) is 0 Å². The van der Waals surface area contributed by atoms with Crippen molar-refractivity contribution in [3.05, 3.63) is 47.6 Å². The number of allylic oxidation sites excluding steroid dienone is 6. The zero-order valence-electron chi connectivity index (χ0n) is 45.3. The first-order valence-electron chi connectivity index (χ1n) is 26.4. The van der Waals surface area contributed by atoms with Crippen LogP contribution in [0.2, 0.25) is 0 Å². The summed E-state index contributed by atoms with van der Waals surface area (Å²) in [4.78, 5) is 85.4. The Kier molecular flexibility index (Phi) is 23.9. The van der Waals surface area contributed by atoms with Gasteiger partial charge in [0.15, 0.2) is 5.78 Å². The lowest BCUT2D eigenvalue weighted by Crippen LogP contribution is -2.61. The van der Waals surface area contributed by atoms with E-state index in [1.54, 1.807) is 40.9 Å². The smallest absolute Gasteiger partial charge is 0.329 e. The summed E-state index contributed by atoms with van der Waals surface area (Å²) in [7, 11) is 4.43. The summed E-state index contributed by atoms with van der Waals surface area (Å²) in [6, 6.07) is -1.20. The molecule has 0 unspecified atom stereocenters. The number of ether oxygens (including phenoxy) is 6. The number of amides is 1. The number of nitrogens with zero attached hydrogens (tertiary/aromatic N) is 1. The Morgan fingerprint density at radius 2 is 1.56 bits per heavy atom. The highest BCUT2D eigenvalue weighted by atomic mass is 16.6. The normalized spacial score (nSPS) is 37.4. The van der Waals surface area contributed by atoms with Gasteiger partial charge in [0.25, 0.3) is 11.7 Å². The highest BCUT2D eigenvalue weighted by molar-refractivity contribution is 6.39. The minimum atomic E-state index is -2.47. The number of carbonyl (C=O) groups excluding carboxylic acids is 6. The summed E-state index contributed by atoms with van der Waals surface area (Å²) in [5.74, 6) is -9.36. The Hall–Kier alpha value is -3.94. The molecule has 17 nitrogen and oxygen atoms in total. The molecule has 2 saturated heterocycles. The van der Waals surface area contributed by atoms with Crippen molar-refractivity contribution in [3.63, 3.8) is 0 Å². The van der Waals surface area contributed by atoms with Crippen LogP contribution in [0.1, 0.15) is 132 Å². The van der Waals surface area contributed by atoms with Gasteiger partial charge in [0, 0.05) is 58.5 Å². The maximum Gasteiger partial charge on any atom is 0.329 e. The number of rotatable bonds is 10. The number of aliphatic hydroxyl groups is 4. The van der Waals surface area contributed by atoms with Crippen LogP contribution >= 0.6 is 0 Å². The van der Waals surface area contributed by atoms with Crippen molar-refractivity contribution in [1.82, 2.24) is 4.90 Å². The largest absolute Gasteiger partial charge is 0.460 e. The first kappa shape index (κ1) is 61.6. The standard InChI is InChI=1S/C56H87NO16/c1-33-17-13-12-14-18-34(2)45(68-9)29-41-22-20-39(7)56(67,73-41)51(63)52(64)57-24-16-15-19-42(57)53(65)71-46(30-43(60)35(3)26-38(6)49(62)50(70-11)48(61)37(5)25-33)36(4)27-40-21-23-44(47(28-40)69-10)72-54(66)55(8,31-58)32-59/h12-14,17-18,26,33,35-37,39-42,44-47,49-50,58-59,62,67H,15-16,19-25,27-32H2,1-11H3/b14-12+,17-13+,34-18+,38-26+/t33-,35+,36-,37-,39+,40+,41-,42+,44-,45-,46+,47+,49+,50+,56+/m0/s1. The average Bonchev–Trinajstić information content (AvgIpc) is 3.37. The minimum absolute atomic E-state index is 0.00697. The second-order valence-corrected chi connectivity index (χ2v) is 21.8. The van der Waals surface area contributed by atoms with Crippen molar-refractivity contribution in [1.29, 1.82) is 0 Å². The van der Waals surface area contributed by atoms with Crippen LogP contribution in [0.5, 0.6) is 0 Å². The van der Waals surface area contributed by atoms with Gasteiger partial charge in [0.1, 0.15) is 41.7 Å². The van der Waals surface area contributed by atoms with E-state index in [0.717, 1.165) is 10.5 Å². The Morgan fingerprint density at radius 1 is 0.863 bits per heavy atom. The van der Waals surface area contributed by atoms with Crippen LogP contribution in [0.15, 0.2) is 47.6 Å². The Bertz CT molecular complexity index is 2010. The first-order valence-corrected chi connectivity index (χ1v) is 26.4. The van der Waals surface area contributed by atoms with Gasteiger partial charge in [-0.05, 0) is 114 Å². The van der Waals surface area contributed by atoms with Crippen LogP contribution in [-0.4, -0.2) is 156 Å². The molecule has 1 aliphatic carbocycles. The van der Waals surface area contributed by atoms with Gasteiger partial charge >= 0.3 is 11.9 Å². The van der Waals surface area contributed by atoms with Gasteiger partial charge in [0.2, 0.25) is 5.79 Å². The summed E-state index contributed by atoms with van der Waals surface area (Å²) in [6.45, 7) is 12.7. The van der Waals surface area contributed by atoms with E-state index in [0.29, 0.717) is 69.8 Å². The number of hydrogen-bond donors (Lipinski definition) is 4. The maximum absolute atomic E-state index is 14.5.